The second-order valence-electron chi connectivity index (χ2n) is 8.42. The van der Waals surface area contributed by atoms with Crippen LogP contribution >= 0.6 is 0 Å². The maximum atomic E-state index is 13.1. The van der Waals surface area contributed by atoms with Crippen molar-refractivity contribution in [3.63, 3.8) is 0 Å². The summed E-state index contributed by atoms with van der Waals surface area (Å²) in [5.74, 6) is -0.634. The molecule has 0 radical (unpaired) electrons. The number of rotatable bonds is 2. The topological polar surface area (TPSA) is 51.0 Å². The van der Waals surface area contributed by atoms with Crippen LogP contribution in [0.25, 0.3) is 48.3 Å². The van der Waals surface area contributed by atoms with Gasteiger partial charge in [-0.2, -0.15) is 0 Å². The van der Waals surface area contributed by atoms with Crippen molar-refractivity contribution in [1.82, 2.24) is 9.47 Å². The fourth-order valence-electron chi connectivity index (χ4n) is 4.87. The number of carbonyl (C=O) groups is 2. The van der Waals surface area contributed by atoms with Crippen LogP contribution in [0.4, 0.5) is 11.4 Å². The highest BCUT2D eigenvalue weighted by atomic mass is 16.2. The molecular weight excluding hydrogens is 436 g/mol. The van der Waals surface area contributed by atoms with E-state index in [4.69, 9.17) is 13.1 Å². The Morgan fingerprint density at radius 1 is 0.686 bits per heavy atom. The molecule has 6 heteroatoms. The van der Waals surface area contributed by atoms with Gasteiger partial charge in [-0.3, -0.25) is 14.5 Å². The molecule has 0 spiro atoms. The molecule has 0 N–H and O–H groups in total. The predicted octanol–water partition coefficient (Wildman–Crippen LogP) is 6.78. The van der Waals surface area contributed by atoms with Crippen LogP contribution in [0.3, 0.4) is 0 Å². The molecule has 6 rings (SSSR count). The fraction of sp³-hybridized carbons (Fsp3) is 0.0345. The molecule has 5 aromatic rings. The zero-order valence-corrected chi connectivity index (χ0v) is 18.6. The zero-order chi connectivity index (χ0) is 24.3. The number of imide groups is 1. The third-order valence-electron chi connectivity index (χ3n) is 6.50. The van der Waals surface area contributed by atoms with E-state index in [1.165, 1.54) is 7.05 Å². The average molecular weight is 452 g/mol. The minimum absolute atomic E-state index is 0.309. The number of benzene rings is 4. The summed E-state index contributed by atoms with van der Waals surface area (Å²) in [6, 6.07) is 24.4. The third-order valence-corrected chi connectivity index (χ3v) is 6.50. The van der Waals surface area contributed by atoms with Crippen molar-refractivity contribution >= 4 is 45.0 Å². The maximum Gasteiger partial charge on any atom is 0.263 e. The van der Waals surface area contributed by atoms with Gasteiger partial charge in [-0.1, -0.05) is 54.6 Å². The SMILES string of the molecule is [C-]#[N+]c1cc([N+]#[C-])cc(-c2ccc3c4ccccc4n(-c4cccc5c4C(=O)N(C)C5=O)c3c2)c1. The Labute approximate surface area is 200 Å². The van der Waals surface area contributed by atoms with Gasteiger partial charge in [0.1, 0.15) is 0 Å². The van der Waals surface area contributed by atoms with Crippen LogP contribution in [0, 0.1) is 13.1 Å². The quantitative estimate of drug-likeness (QED) is 0.219. The lowest BCUT2D eigenvalue weighted by Gasteiger charge is -2.12. The molecule has 0 saturated heterocycles. The zero-order valence-electron chi connectivity index (χ0n) is 18.6. The molecule has 1 aliphatic rings. The number of amides is 2. The van der Waals surface area contributed by atoms with Crippen molar-refractivity contribution in [2.24, 2.45) is 0 Å². The number of aromatic nitrogens is 1. The molecule has 6 nitrogen and oxygen atoms in total. The van der Waals surface area contributed by atoms with Crippen LogP contribution in [0.1, 0.15) is 20.7 Å². The molecule has 35 heavy (non-hydrogen) atoms. The molecule has 4 aromatic carbocycles. The summed E-state index contributed by atoms with van der Waals surface area (Å²) in [6.07, 6.45) is 0. The molecule has 1 aromatic heterocycles. The van der Waals surface area contributed by atoms with Crippen molar-refractivity contribution in [3.8, 4) is 16.8 Å². The van der Waals surface area contributed by atoms with Gasteiger partial charge in [0, 0.05) is 17.8 Å². The molecule has 0 bridgehead atoms. The normalized spacial score (nSPS) is 12.7. The Bertz CT molecular complexity index is 1800. The Balaban J connectivity index is 1.70. The smallest absolute Gasteiger partial charge is 0.263 e. The lowest BCUT2D eigenvalue weighted by molar-refractivity contribution is 0.0693. The lowest BCUT2D eigenvalue weighted by atomic mass is 10.0. The van der Waals surface area contributed by atoms with Crippen LogP contribution < -0.4 is 0 Å². The fourth-order valence-corrected chi connectivity index (χ4v) is 4.87. The largest absolute Gasteiger partial charge is 0.308 e. The summed E-state index contributed by atoms with van der Waals surface area (Å²) >= 11 is 0. The van der Waals surface area contributed by atoms with Crippen LogP contribution in [-0.2, 0) is 0 Å². The van der Waals surface area contributed by atoms with E-state index in [1.54, 1.807) is 30.3 Å². The van der Waals surface area contributed by atoms with Crippen LogP contribution in [0.15, 0.2) is 78.9 Å². The number of hydrogen-bond donors (Lipinski definition) is 0. The summed E-state index contributed by atoms with van der Waals surface area (Å²) in [4.78, 5) is 33.9. The summed E-state index contributed by atoms with van der Waals surface area (Å²) in [5.41, 5.74) is 5.64. The van der Waals surface area contributed by atoms with Gasteiger partial charge in [-0.15, -0.1) is 0 Å². The third kappa shape index (κ3) is 2.88. The van der Waals surface area contributed by atoms with E-state index < -0.39 is 0 Å². The van der Waals surface area contributed by atoms with Crippen LogP contribution in [0.2, 0.25) is 0 Å². The van der Waals surface area contributed by atoms with Crippen LogP contribution in [-0.4, -0.2) is 28.3 Å². The second-order valence-corrected chi connectivity index (χ2v) is 8.42. The molecule has 0 unspecified atom stereocenters. The summed E-state index contributed by atoms with van der Waals surface area (Å²) < 4.78 is 2.02. The molecule has 0 fully saturated rings. The van der Waals surface area contributed by atoms with Gasteiger partial charge in [0.15, 0.2) is 11.4 Å². The van der Waals surface area contributed by atoms with Crippen molar-refractivity contribution in [3.05, 3.63) is 113 Å². The predicted molar refractivity (Wildman–Crippen MR) is 135 cm³/mol. The monoisotopic (exact) mass is 452 g/mol. The molecule has 2 amide bonds. The molecule has 0 atom stereocenters. The van der Waals surface area contributed by atoms with Gasteiger partial charge >= 0.3 is 0 Å². The van der Waals surface area contributed by atoms with E-state index in [2.05, 4.69) is 9.69 Å². The Morgan fingerprint density at radius 3 is 2.14 bits per heavy atom. The van der Waals surface area contributed by atoms with E-state index >= 15 is 0 Å². The lowest BCUT2D eigenvalue weighted by Crippen LogP contribution is -2.24. The average Bonchev–Trinajstić information content (AvgIpc) is 3.35. The number of hydrogen-bond acceptors (Lipinski definition) is 2. The number of fused-ring (bicyclic) bond motifs is 4. The molecule has 1 aliphatic heterocycles. The summed E-state index contributed by atoms with van der Waals surface area (Å²) in [5, 5.41) is 2.02. The maximum absolute atomic E-state index is 13.1. The summed E-state index contributed by atoms with van der Waals surface area (Å²) in [6.45, 7) is 14.8. The van der Waals surface area contributed by atoms with E-state index in [-0.39, 0.29) is 11.8 Å². The first-order valence-corrected chi connectivity index (χ1v) is 10.9. The highest BCUT2D eigenvalue weighted by Gasteiger charge is 2.35. The van der Waals surface area contributed by atoms with E-state index in [9.17, 15) is 9.59 Å². The number of carbonyl (C=O) groups excluding carboxylic acids is 2. The van der Waals surface area contributed by atoms with E-state index in [1.807, 2.05) is 53.1 Å². The van der Waals surface area contributed by atoms with Crippen molar-refractivity contribution < 1.29 is 9.59 Å². The number of para-hydroxylation sites is 1. The van der Waals surface area contributed by atoms with Crippen molar-refractivity contribution in [2.45, 2.75) is 0 Å². The van der Waals surface area contributed by atoms with Crippen molar-refractivity contribution in [2.75, 3.05) is 7.05 Å². The highest BCUT2D eigenvalue weighted by molar-refractivity contribution is 6.23. The Kier molecular flexibility index (Phi) is 4.32. The second kappa shape index (κ2) is 7.41. The number of nitrogens with zero attached hydrogens (tertiary/aromatic N) is 4. The molecular formula is C29H16N4O2. The first-order chi connectivity index (χ1) is 17.0. The van der Waals surface area contributed by atoms with E-state index in [0.717, 1.165) is 37.8 Å². The van der Waals surface area contributed by atoms with Gasteiger partial charge in [0.25, 0.3) is 11.8 Å². The van der Waals surface area contributed by atoms with Gasteiger partial charge in [-0.25, -0.2) is 9.69 Å². The van der Waals surface area contributed by atoms with Crippen LogP contribution in [0.5, 0.6) is 0 Å². The van der Waals surface area contributed by atoms with Gasteiger partial charge < -0.3 is 4.57 Å². The first-order valence-electron chi connectivity index (χ1n) is 10.9. The summed E-state index contributed by atoms with van der Waals surface area (Å²) in [7, 11) is 1.50. The molecule has 2 heterocycles. The van der Waals surface area contributed by atoms with Crippen molar-refractivity contribution in [1.29, 1.82) is 0 Å². The minimum Gasteiger partial charge on any atom is -0.308 e. The standard InChI is InChI=1S/C29H16N4O2/c1-30-19-13-18(14-20(16-19)31-2)17-11-12-22-21-7-4-5-9-24(21)33(26(22)15-17)25-10-6-8-23-27(25)29(35)32(3)28(23)34/h4-16H,3H3. The highest BCUT2D eigenvalue weighted by Crippen LogP contribution is 2.38. The molecule has 164 valence electrons. The molecule has 0 saturated carbocycles. The first kappa shape index (κ1) is 20.4. The minimum atomic E-state index is -0.325. The van der Waals surface area contributed by atoms with E-state index in [0.29, 0.717) is 28.2 Å². The Hall–Kier alpha value is -5.20. The van der Waals surface area contributed by atoms with Gasteiger partial charge in [-0.05, 0) is 35.4 Å². The Morgan fingerprint density at radius 2 is 1.40 bits per heavy atom. The van der Waals surface area contributed by atoms with Gasteiger partial charge in [0.2, 0.25) is 0 Å². The molecule has 0 aliphatic carbocycles. The van der Waals surface area contributed by atoms with Gasteiger partial charge in [0.05, 0.1) is 41.0 Å².